The van der Waals surface area contributed by atoms with Crippen LogP contribution in [0.15, 0.2) is 0 Å². The maximum atomic E-state index is 13.0. The van der Waals surface area contributed by atoms with E-state index < -0.39 is 0 Å². The lowest BCUT2D eigenvalue weighted by molar-refractivity contribution is -0.152. The molecule has 2 heterocycles. The lowest BCUT2D eigenvalue weighted by Crippen LogP contribution is -2.57. The Labute approximate surface area is 131 Å². The number of nitrogens with zero attached hydrogens (tertiary/aromatic N) is 2. The highest BCUT2D eigenvalue weighted by Gasteiger charge is 2.53. The van der Waals surface area contributed by atoms with E-state index >= 15 is 0 Å². The fourth-order valence-corrected chi connectivity index (χ4v) is 4.45. The second kappa shape index (κ2) is 5.43. The van der Waals surface area contributed by atoms with E-state index in [1.54, 1.807) is 0 Å². The molecule has 0 unspecified atom stereocenters. The van der Waals surface area contributed by atoms with Crippen LogP contribution in [-0.2, 0) is 9.59 Å². The number of rotatable bonds is 2. The second-order valence-electron chi connectivity index (χ2n) is 6.92. The summed E-state index contributed by atoms with van der Waals surface area (Å²) >= 11 is 0. The molecule has 0 aromatic heterocycles. The molecule has 6 heteroatoms. The van der Waals surface area contributed by atoms with Gasteiger partial charge in [-0.15, -0.1) is 12.4 Å². The van der Waals surface area contributed by atoms with Crippen molar-refractivity contribution in [3.63, 3.8) is 0 Å². The predicted octanol–water partition coefficient (Wildman–Crippen LogP) is 0.631. The zero-order valence-electron chi connectivity index (χ0n) is 12.3. The van der Waals surface area contributed by atoms with E-state index in [4.69, 9.17) is 0 Å². The van der Waals surface area contributed by atoms with Gasteiger partial charge in [0, 0.05) is 25.7 Å². The van der Waals surface area contributed by atoms with Gasteiger partial charge < -0.3 is 15.1 Å². The molecule has 2 atom stereocenters. The SMILES string of the molecule is Cl.O=C1CN(C(=O)[C@@]23CCC[C@@H]2CNC3)CCN1C1CC1. The van der Waals surface area contributed by atoms with Gasteiger partial charge in [0.05, 0.1) is 12.0 Å². The molecule has 2 aliphatic heterocycles. The van der Waals surface area contributed by atoms with E-state index in [2.05, 4.69) is 5.32 Å². The van der Waals surface area contributed by atoms with Gasteiger partial charge in [-0.05, 0) is 38.1 Å². The molecule has 0 bridgehead atoms. The fraction of sp³-hybridized carbons (Fsp3) is 0.867. The van der Waals surface area contributed by atoms with Crippen molar-refractivity contribution in [1.29, 1.82) is 0 Å². The first kappa shape index (κ1) is 15.1. The summed E-state index contributed by atoms with van der Waals surface area (Å²) in [4.78, 5) is 29.0. The largest absolute Gasteiger partial charge is 0.336 e. The van der Waals surface area contributed by atoms with Gasteiger partial charge in [-0.25, -0.2) is 0 Å². The quantitative estimate of drug-likeness (QED) is 0.813. The van der Waals surface area contributed by atoms with Crippen molar-refractivity contribution in [3.8, 4) is 0 Å². The van der Waals surface area contributed by atoms with Crippen molar-refractivity contribution < 1.29 is 9.59 Å². The van der Waals surface area contributed by atoms with E-state index in [-0.39, 0.29) is 29.6 Å². The van der Waals surface area contributed by atoms with Gasteiger partial charge in [0.2, 0.25) is 11.8 Å². The van der Waals surface area contributed by atoms with E-state index in [1.165, 1.54) is 0 Å². The van der Waals surface area contributed by atoms with Crippen LogP contribution in [0.25, 0.3) is 0 Å². The summed E-state index contributed by atoms with van der Waals surface area (Å²) in [7, 11) is 0. The maximum Gasteiger partial charge on any atom is 0.242 e. The minimum atomic E-state index is -0.192. The van der Waals surface area contributed by atoms with Crippen molar-refractivity contribution in [2.75, 3.05) is 32.7 Å². The third kappa shape index (κ3) is 2.34. The van der Waals surface area contributed by atoms with E-state index in [0.717, 1.165) is 58.3 Å². The van der Waals surface area contributed by atoms with Gasteiger partial charge >= 0.3 is 0 Å². The highest BCUT2D eigenvalue weighted by Crippen LogP contribution is 2.47. The monoisotopic (exact) mass is 313 g/mol. The normalized spacial score (nSPS) is 35.6. The Kier molecular flexibility index (Phi) is 3.91. The van der Waals surface area contributed by atoms with Crippen molar-refractivity contribution >= 4 is 24.2 Å². The summed E-state index contributed by atoms with van der Waals surface area (Å²) in [5.41, 5.74) is -0.192. The molecule has 5 nitrogen and oxygen atoms in total. The smallest absolute Gasteiger partial charge is 0.242 e. The number of halogens is 1. The third-order valence-electron chi connectivity index (χ3n) is 5.75. The molecule has 4 aliphatic rings. The Hall–Kier alpha value is -0.810. The zero-order chi connectivity index (χ0) is 13.7. The number of carbonyl (C=O) groups excluding carboxylic acids is 2. The molecule has 0 radical (unpaired) electrons. The number of nitrogens with one attached hydrogen (secondary N) is 1. The third-order valence-corrected chi connectivity index (χ3v) is 5.75. The molecule has 4 rings (SSSR count). The number of carbonyl (C=O) groups is 2. The topological polar surface area (TPSA) is 52.7 Å². The van der Waals surface area contributed by atoms with Crippen molar-refractivity contribution in [3.05, 3.63) is 0 Å². The van der Waals surface area contributed by atoms with Gasteiger partial charge in [-0.1, -0.05) is 6.42 Å². The maximum absolute atomic E-state index is 13.0. The van der Waals surface area contributed by atoms with Crippen molar-refractivity contribution in [2.45, 2.75) is 38.1 Å². The van der Waals surface area contributed by atoms with Crippen LogP contribution in [-0.4, -0.2) is 60.4 Å². The number of hydrogen-bond donors (Lipinski definition) is 1. The summed E-state index contributed by atoms with van der Waals surface area (Å²) in [6, 6.07) is 0.477. The molecule has 0 aromatic rings. The van der Waals surface area contributed by atoms with Crippen LogP contribution in [0, 0.1) is 11.3 Å². The number of fused-ring (bicyclic) bond motifs is 1. The lowest BCUT2D eigenvalue weighted by atomic mass is 9.79. The number of hydrogen-bond acceptors (Lipinski definition) is 3. The minimum absolute atomic E-state index is 0. The minimum Gasteiger partial charge on any atom is -0.336 e. The molecule has 2 saturated heterocycles. The van der Waals surface area contributed by atoms with Crippen molar-refractivity contribution in [1.82, 2.24) is 15.1 Å². The van der Waals surface area contributed by atoms with Crippen LogP contribution in [0.4, 0.5) is 0 Å². The average molecular weight is 314 g/mol. The highest BCUT2D eigenvalue weighted by molar-refractivity contribution is 5.90. The van der Waals surface area contributed by atoms with Gasteiger partial charge in [0.1, 0.15) is 0 Å². The molecule has 2 aliphatic carbocycles. The van der Waals surface area contributed by atoms with Gasteiger partial charge in [0.15, 0.2) is 0 Å². The first-order valence-corrected chi connectivity index (χ1v) is 8.00. The molecule has 1 N–H and O–H groups in total. The average Bonchev–Trinajstić information content (AvgIpc) is 3.06. The Balaban J connectivity index is 0.00000132. The van der Waals surface area contributed by atoms with Gasteiger partial charge in [0.25, 0.3) is 0 Å². The molecular weight excluding hydrogens is 290 g/mol. The number of amides is 2. The zero-order valence-corrected chi connectivity index (χ0v) is 13.2. The Bertz CT molecular complexity index is 442. The Morgan fingerprint density at radius 1 is 1.24 bits per heavy atom. The van der Waals surface area contributed by atoms with E-state index in [9.17, 15) is 9.59 Å². The predicted molar refractivity (Wildman–Crippen MR) is 81.2 cm³/mol. The first-order valence-electron chi connectivity index (χ1n) is 8.00. The van der Waals surface area contributed by atoms with Crippen LogP contribution >= 0.6 is 12.4 Å². The van der Waals surface area contributed by atoms with Crippen LogP contribution < -0.4 is 5.32 Å². The second-order valence-corrected chi connectivity index (χ2v) is 6.92. The van der Waals surface area contributed by atoms with Crippen LogP contribution in [0.3, 0.4) is 0 Å². The summed E-state index contributed by atoms with van der Waals surface area (Å²) in [6.07, 6.45) is 5.62. The lowest BCUT2D eigenvalue weighted by Gasteiger charge is -2.39. The van der Waals surface area contributed by atoms with Crippen LogP contribution in [0.5, 0.6) is 0 Å². The first-order chi connectivity index (χ1) is 9.71. The molecular formula is C15H24ClN3O2. The van der Waals surface area contributed by atoms with Crippen LogP contribution in [0.1, 0.15) is 32.1 Å². The van der Waals surface area contributed by atoms with Gasteiger partial charge in [-0.2, -0.15) is 0 Å². The Morgan fingerprint density at radius 2 is 2.05 bits per heavy atom. The molecule has 2 saturated carbocycles. The summed E-state index contributed by atoms with van der Waals surface area (Å²) in [5, 5.41) is 3.39. The molecule has 4 fully saturated rings. The molecule has 0 spiro atoms. The van der Waals surface area contributed by atoms with Gasteiger partial charge in [-0.3, -0.25) is 9.59 Å². The van der Waals surface area contributed by atoms with Crippen molar-refractivity contribution in [2.24, 2.45) is 11.3 Å². The molecule has 118 valence electrons. The number of piperazine rings is 1. The van der Waals surface area contributed by atoms with E-state index in [1.807, 2.05) is 9.80 Å². The van der Waals surface area contributed by atoms with E-state index in [0.29, 0.717) is 18.5 Å². The summed E-state index contributed by atoms with van der Waals surface area (Å²) < 4.78 is 0. The molecule has 2 amide bonds. The summed E-state index contributed by atoms with van der Waals surface area (Å²) in [5.74, 6) is 0.893. The molecule has 21 heavy (non-hydrogen) atoms. The molecule has 0 aromatic carbocycles. The van der Waals surface area contributed by atoms with Crippen LogP contribution in [0.2, 0.25) is 0 Å². The fourth-order valence-electron chi connectivity index (χ4n) is 4.45. The Morgan fingerprint density at radius 3 is 2.76 bits per heavy atom. The summed E-state index contributed by atoms with van der Waals surface area (Å²) in [6.45, 7) is 3.57. The highest BCUT2D eigenvalue weighted by atomic mass is 35.5. The standard InChI is InChI=1S/C15H23N3O2.ClH/c19-13-9-17(6-7-18(13)12-3-4-12)14(20)15-5-1-2-11(15)8-16-10-15;/h11-12,16H,1-10H2;1H/t11-,15-;/m1./s1.